The Morgan fingerprint density at radius 1 is 1.45 bits per heavy atom. The van der Waals surface area contributed by atoms with Crippen molar-refractivity contribution in [1.82, 2.24) is 4.98 Å². The minimum absolute atomic E-state index is 0.0502. The fourth-order valence-electron chi connectivity index (χ4n) is 2.24. The van der Waals surface area contributed by atoms with Crippen LogP contribution in [0, 0.1) is 6.92 Å². The third kappa shape index (κ3) is 3.17. The predicted octanol–water partition coefficient (Wildman–Crippen LogP) is 3.37. The molecule has 20 heavy (non-hydrogen) atoms. The molecule has 0 unspecified atom stereocenters. The molecule has 2 rings (SSSR count). The van der Waals surface area contributed by atoms with Gasteiger partial charge in [0, 0.05) is 25.9 Å². The minimum atomic E-state index is -2.69. The van der Waals surface area contributed by atoms with Crippen molar-refractivity contribution >= 4 is 23.4 Å². The molecule has 0 radical (unpaired) electrons. The standard InChI is InChI=1S/C13H15ClF2N2O2/c1-8-10(14)7-9(12(19)20)11(17-8)18-5-2-3-13(15,16)4-6-18/h7H,2-6H2,1H3,(H,19,20). The Balaban J connectivity index is 2.36. The van der Waals surface area contributed by atoms with E-state index >= 15 is 0 Å². The summed E-state index contributed by atoms with van der Waals surface area (Å²) in [6, 6.07) is 1.32. The van der Waals surface area contributed by atoms with Gasteiger partial charge in [-0.1, -0.05) is 11.6 Å². The van der Waals surface area contributed by atoms with Gasteiger partial charge in [0.25, 0.3) is 0 Å². The normalized spacial score (nSPS) is 18.7. The van der Waals surface area contributed by atoms with E-state index in [9.17, 15) is 18.7 Å². The molecule has 4 nitrogen and oxygen atoms in total. The number of rotatable bonds is 2. The molecule has 0 saturated carbocycles. The molecule has 1 fully saturated rings. The maximum atomic E-state index is 13.4. The average molecular weight is 305 g/mol. The predicted molar refractivity (Wildman–Crippen MR) is 72.0 cm³/mol. The molecule has 0 bridgehead atoms. The first-order valence-electron chi connectivity index (χ1n) is 6.33. The van der Waals surface area contributed by atoms with Gasteiger partial charge in [-0.05, 0) is 19.4 Å². The number of nitrogens with zero attached hydrogens (tertiary/aromatic N) is 2. The Labute approximate surface area is 120 Å². The van der Waals surface area contributed by atoms with E-state index < -0.39 is 11.9 Å². The van der Waals surface area contributed by atoms with Crippen molar-refractivity contribution in [3.63, 3.8) is 0 Å². The number of pyridine rings is 1. The van der Waals surface area contributed by atoms with Gasteiger partial charge in [-0.25, -0.2) is 18.6 Å². The number of aryl methyl sites for hydroxylation is 1. The number of anilines is 1. The van der Waals surface area contributed by atoms with E-state index in [2.05, 4.69) is 4.98 Å². The number of carboxylic acids is 1. The van der Waals surface area contributed by atoms with Crippen molar-refractivity contribution in [1.29, 1.82) is 0 Å². The fourth-order valence-corrected chi connectivity index (χ4v) is 2.39. The molecule has 0 spiro atoms. The fraction of sp³-hybridized carbons (Fsp3) is 0.538. The van der Waals surface area contributed by atoms with Crippen molar-refractivity contribution in [2.75, 3.05) is 18.0 Å². The lowest BCUT2D eigenvalue weighted by Crippen LogP contribution is -2.28. The van der Waals surface area contributed by atoms with Crippen molar-refractivity contribution in [2.24, 2.45) is 0 Å². The lowest BCUT2D eigenvalue weighted by atomic mass is 10.1. The molecular weight excluding hydrogens is 290 g/mol. The van der Waals surface area contributed by atoms with Crippen LogP contribution in [-0.4, -0.2) is 35.1 Å². The highest BCUT2D eigenvalue weighted by molar-refractivity contribution is 6.31. The molecule has 0 amide bonds. The van der Waals surface area contributed by atoms with E-state index in [0.29, 0.717) is 18.7 Å². The topological polar surface area (TPSA) is 53.4 Å². The summed E-state index contributed by atoms with van der Waals surface area (Å²) in [4.78, 5) is 17.0. The summed E-state index contributed by atoms with van der Waals surface area (Å²) in [6.07, 6.45) is -0.177. The summed E-state index contributed by atoms with van der Waals surface area (Å²) in [5.74, 6) is -3.64. The second-order valence-corrected chi connectivity index (χ2v) is 5.34. The Kier molecular flexibility index (Phi) is 4.13. The van der Waals surface area contributed by atoms with Crippen LogP contribution in [0.4, 0.5) is 14.6 Å². The zero-order valence-corrected chi connectivity index (χ0v) is 11.8. The zero-order valence-electron chi connectivity index (χ0n) is 11.0. The maximum Gasteiger partial charge on any atom is 0.339 e. The summed E-state index contributed by atoms with van der Waals surface area (Å²) in [7, 11) is 0. The van der Waals surface area contributed by atoms with Crippen molar-refractivity contribution in [2.45, 2.75) is 32.1 Å². The van der Waals surface area contributed by atoms with Gasteiger partial charge in [-0.2, -0.15) is 0 Å². The average Bonchev–Trinajstić information content (AvgIpc) is 2.53. The molecule has 1 N–H and O–H groups in total. The highest BCUT2D eigenvalue weighted by Crippen LogP contribution is 2.31. The van der Waals surface area contributed by atoms with Gasteiger partial charge in [0.15, 0.2) is 0 Å². The molecule has 7 heteroatoms. The first-order chi connectivity index (χ1) is 9.30. The van der Waals surface area contributed by atoms with E-state index in [4.69, 9.17) is 11.6 Å². The molecule has 0 atom stereocenters. The monoisotopic (exact) mass is 304 g/mol. The van der Waals surface area contributed by atoms with Crippen LogP contribution in [0.2, 0.25) is 5.02 Å². The van der Waals surface area contributed by atoms with Crippen molar-refractivity contribution in [3.05, 3.63) is 22.3 Å². The zero-order chi connectivity index (χ0) is 14.9. The van der Waals surface area contributed by atoms with Gasteiger partial charge in [-0.3, -0.25) is 0 Å². The summed E-state index contributed by atoms with van der Waals surface area (Å²) in [5.41, 5.74) is 0.438. The molecular formula is C13H15ClF2N2O2. The number of hydrogen-bond donors (Lipinski definition) is 1. The van der Waals surface area contributed by atoms with Crippen LogP contribution < -0.4 is 4.90 Å². The summed E-state index contributed by atoms with van der Waals surface area (Å²) < 4.78 is 26.7. The molecule has 1 aromatic rings. The molecule has 1 aromatic heterocycles. The first-order valence-corrected chi connectivity index (χ1v) is 6.71. The largest absolute Gasteiger partial charge is 0.478 e. The quantitative estimate of drug-likeness (QED) is 0.910. The maximum absolute atomic E-state index is 13.4. The lowest BCUT2D eigenvalue weighted by molar-refractivity contribution is -0.0102. The number of aromatic carboxylic acids is 1. The Hall–Kier alpha value is -1.43. The summed E-state index contributed by atoms with van der Waals surface area (Å²) in [5, 5.41) is 9.47. The molecule has 0 aromatic carbocycles. The Morgan fingerprint density at radius 3 is 2.80 bits per heavy atom. The molecule has 1 aliphatic rings. The number of hydrogen-bond acceptors (Lipinski definition) is 3. The van der Waals surface area contributed by atoms with E-state index in [1.54, 1.807) is 11.8 Å². The Bertz CT molecular complexity index is 537. The molecule has 110 valence electrons. The van der Waals surface area contributed by atoms with E-state index in [0.717, 1.165) is 0 Å². The van der Waals surface area contributed by atoms with Crippen LogP contribution in [0.1, 0.15) is 35.3 Å². The number of halogens is 3. The SMILES string of the molecule is Cc1nc(N2CCCC(F)(F)CC2)c(C(=O)O)cc1Cl. The molecule has 2 heterocycles. The highest BCUT2D eigenvalue weighted by atomic mass is 35.5. The highest BCUT2D eigenvalue weighted by Gasteiger charge is 2.33. The molecule has 1 saturated heterocycles. The van der Waals surface area contributed by atoms with Gasteiger partial charge in [-0.15, -0.1) is 0 Å². The second kappa shape index (κ2) is 5.52. The van der Waals surface area contributed by atoms with Crippen LogP contribution in [0.3, 0.4) is 0 Å². The van der Waals surface area contributed by atoms with Gasteiger partial charge < -0.3 is 10.0 Å². The number of carbonyl (C=O) groups is 1. The van der Waals surface area contributed by atoms with E-state index in [1.807, 2.05) is 0 Å². The van der Waals surface area contributed by atoms with Gasteiger partial charge in [0.2, 0.25) is 5.92 Å². The van der Waals surface area contributed by atoms with Crippen LogP contribution in [0.25, 0.3) is 0 Å². The van der Waals surface area contributed by atoms with E-state index in [1.165, 1.54) is 6.07 Å². The number of carboxylic acid groups (broad SMARTS) is 1. The van der Waals surface area contributed by atoms with Crippen molar-refractivity contribution in [3.8, 4) is 0 Å². The number of aromatic nitrogens is 1. The summed E-state index contributed by atoms with van der Waals surface area (Å²) >= 11 is 5.88. The molecule has 1 aliphatic heterocycles. The smallest absolute Gasteiger partial charge is 0.339 e. The Morgan fingerprint density at radius 2 is 2.15 bits per heavy atom. The van der Waals surface area contributed by atoms with Crippen LogP contribution >= 0.6 is 11.6 Å². The van der Waals surface area contributed by atoms with Crippen LogP contribution in [0.15, 0.2) is 6.07 Å². The van der Waals surface area contributed by atoms with Gasteiger partial charge in [0.1, 0.15) is 11.4 Å². The third-order valence-electron chi connectivity index (χ3n) is 3.38. The first kappa shape index (κ1) is 15.0. The molecule has 0 aliphatic carbocycles. The van der Waals surface area contributed by atoms with Crippen LogP contribution in [-0.2, 0) is 0 Å². The number of alkyl halides is 2. The van der Waals surface area contributed by atoms with Crippen molar-refractivity contribution < 1.29 is 18.7 Å². The lowest BCUT2D eigenvalue weighted by Gasteiger charge is -2.23. The van der Waals surface area contributed by atoms with Crippen LogP contribution in [0.5, 0.6) is 0 Å². The van der Waals surface area contributed by atoms with Gasteiger partial charge >= 0.3 is 5.97 Å². The summed E-state index contributed by atoms with van der Waals surface area (Å²) in [6.45, 7) is 2.11. The second-order valence-electron chi connectivity index (χ2n) is 4.93. The third-order valence-corrected chi connectivity index (χ3v) is 3.76. The van der Waals surface area contributed by atoms with E-state index in [-0.39, 0.29) is 35.8 Å². The van der Waals surface area contributed by atoms with Gasteiger partial charge in [0.05, 0.1) is 10.7 Å². The minimum Gasteiger partial charge on any atom is -0.478 e.